The number of nitrogens with one attached hydrogen (secondary N) is 1. The summed E-state index contributed by atoms with van der Waals surface area (Å²) < 4.78 is 7.86. The topological polar surface area (TPSA) is 94.8 Å². The molecule has 2 saturated heterocycles. The van der Waals surface area contributed by atoms with Gasteiger partial charge in [0.05, 0.1) is 19.1 Å². The zero-order valence-corrected chi connectivity index (χ0v) is 26.5. The minimum atomic E-state index is -0.445. The second-order valence-electron chi connectivity index (χ2n) is 12.4. The van der Waals surface area contributed by atoms with Crippen LogP contribution in [0.1, 0.15) is 48.4 Å². The van der Waals surface area contributed by atoms with Crippen molar-refractivity contribution in [3.8, 4) is 11.1 Å². The number of hydrogen-bond donors (Lipinski definition) is 1. The molecule has 0 radical (unpaired) electrons. The Bertz CT molecular complexity index is 1610. The molecule has 3 aliphatic heterocycles. The fourth-order valence-electron chi connectivity index (χ4n) is 6.65. The number of morpholine rings is 1. The zero-order chi connectivity index (χ0) is 31.0. The van der Waals surface area contributed by atoms with Gasteiger partial charge in [-0.2, -0.15) is 0 Å². The van der Waals surface area contributed by atoms with Gasteiger partial charge < -0.3 is 24.3 Å². The maximum Gasteiger partial charge on any atom is 0.254 e. The zero-order valence-electron chi connectivity index (χ0n) is 26.5. The first-order chi connectivity index (χ1) is 21.2. The van der Waals surface area contributed by atoms with Gasteiger partial charge in [0.25, 0.3) is 11.8 Å². The predicted octanol–water partition coefficient (Wildman–Crippen LogP) is 3.75. The number of carbonyl (C=O) groups excluding carboxylic acids is 2. The van der Waals surface area contributed by atoms with Gasteiger partial charge in [0.2, 0.25) is 0 Å². The lowest BCUT2D eigenvalue weighted by Crippen LogP contribution is -2.44. The van der Waals surface area contributed by atoms with E-state index in [1.807, 2.05) is 39.1 Å². The molecule has 3 aromatic rings. The summed E-state index contributed by atoms with van der Waals surface area (Å²) in [6.45, 7) is 15.3. The van der Waals surface area contributed by atoms with Crippen LogP contribution >= 0.6 is 0 Å². The van der Waals surface area contributed by atoms with Crippen LogP contribution in [-0.4, -0.2) is 103 Å². The van der Waals surface area contributed by atoms with Gasteiger partial charge in [-0.25, -0.2) is 9.98 Å². The molecule has 3 aliphatic rings. The van der Waals surface area contributed by atoms with Crippen LogP contribution < -0.4 is 10.2 Å². The molecule has 2 atom stereocenters. The maximum atomic E-state index is 13.7. The van der Waals surface area contributed by atoms with E-state index in [-0.39, 0.29) is 24.4 Å². The molecule has 0 aliphatic carbocycles. The number of pyridine rings is 2. The number of anilines is 1. The van der Waals surface area contributed by atoms with Crippen molar-refractivity contribution < 1.29 is 14.3 Å². The Morgan fingerprint density at radius 2 is 1.80 bits per heavy atom. The van der Waals surface area contributed by atoms with Gasteiger partial charge in [-0.1, -0.05) is 5.57 Å². The molecule has 3 aromatic heterocycles. The predicted molar refractivity (Wildman–Crippen MR) is 174 cm³/mol. The summed E-state index contributed by atoms with van der Waals surface area (Å²) in [6.07, 6.45) is 6.03. The Labute approximate surface area is 259 Å². The van der Waals surface area contributed by atoms with Crippen molar-refractivity contribution in [3.05, 3.63) is 65.1 Å². The van der Waals surface area contributed by atoms with E-state index in [0.717, 1.165) is 78.6 Å². The van der Waals surface area contributed by atoms with Gasteiger partial charge in [-0.05, 0) is 70.6 Å². The lowest BCUT2D eigenvalue weighted by molar-refractivity contribution is -0.120. The van der Waals surface area contributed by atoms with E-state index < -0.39 is 5.92 Å². The summed E-state index contributed by atoms with van der Waals surface area (Å²) in [5, 5.41) is 3.04. The monoisotopic (exact) mass is 597 g/mol. The van der Waals surface area contributed by atoms with Gasteiger partial charge in [-0.3, -0.25) is 14.5 Å². The smallest absolute Gasteiger partial charge is 0.254 e. The summed E-state index contributed by atoms with van der Waals surface area (Å²) in [5.74, 6) is 0.164. The molecule has 2 amide bonds. The Morgan fingerprint density at radius 1 is 1.05 bits per heavy atom. The molecule has 6 rings (SSSR count). The number of piperazine rings is 1. The molecule has 0 saturated carbocycles. The Balaban J connectivity index is 1.32. The Hall–Kier alpha value is -3.86. The number of dihydropyridines is 1. The maximum absolute atomic E-state index is 13.7. The number of ether oxygens (including phenoxy) is 1. The fourth-order valence-corrected chi connectivity index (χ4v) is 6.65. The van der Waals surface area contributed by atoms with Crippen LogP contribution in [-0.2, 0) is 9.53 Å². The van der Waals surface area contributed by atoms with Crippen molar-refractivity contribution in [3.63, 3.8) is 0 Å². The molecular formula is C34H43N7O3. The summed E-state index contributed by atoms with van der Waals surface area (Å²) in [4.78, 5) is 42.3. The van der Waals surface area contributed by atoms with E-state index in [1.54, 1.807) is 0 Å². The Kier molecular flexibility index (Phi) is 8.66. The van der Waals surface area contributed by atoms with Gasteiger partial charge >= 0.3 is 0 Å². The van der Waals surface area contributed by atoms with Gasteiger partial charge in [0.1, 0.15) is 5.82 Å². The van der Waals surface area contributed by atoms with Crippen LogP contribution in [0.3, 0.4) is 0 Å². The summed E-state index contributed by atoms with van der Waals surface area (Å²) in [5.41, 5.74) is 7.27. The lowest BCUT2D eigenvalue weighted by Gasteiger charge is -2.34. The molecule has 44 heavy (non-hydrogen) atoms. The van der Waals surface area contributed by atoms with Crippen molar-refractivity contribution in [2.75, 3.05) is 71.0 Å². The van der Waals surface area contributed by atoms with Gasteiger partial charge in [0, 0.05) is 97.9 Å². The fraction of sp³-hybridized carbons (Fsp3) is 0.471. The largest absolute Gasteiger partial charge is 0.379 e. The van der Waals surface area contributed by atoms with Crippen LogP contribution in [0.15, 0.2) is 53.3 Å². The number of nitrogens with zero attached hydrogens (tertiary/aromatic N) is 6. The van der Waals surface area contributed by atoms with Gasteiger partial charge in [0.15, 0.2) is 0 Å². The lowest BCUT2D eigenvalue weighted by atomic mass is 9.95. The number of aromatic nitrogens is 2. The third kappa shape index (κ3) is 6.06. The second kappa shape index (κ2) is 12.6. The van der Waals surface area contributed by atoms with E-state index in [0.29, 0.717) is 24.5 Å². The molecule has 232 valence electrons. The minimum absolute atomic E-state index is 0.0644. The molecule has 10 nitrogen and oxygen atoms in total. The van der Waals surface area contributed by atoms with E-state index >= 15 is 0 Å². The average Bonchev–Trinajstić information content (AvgIpc) is 3.44. The average molecular weight is 598 g/mol. The van der Waals surface area contributed by atoms with E-state index in [2.05, 4.69) is 67.8 Å². The number of amides is 2. The number of likely N-dealkylation sites (N-methyl/N-ethyl adjacent to an activating group) is 1. The van der Waals surface area contributed by atoms with Crippen LogP contribution in [0.5, 0.6) is 0 Å². The molecule has 0 aromatic carbocycles. The van der Waals surface area contributed by atoms with E-state index in [1.165, 1.54) is 0 Å². The van der Waals surface area contributed by atoms with Crippen LogP contribution in [0, 0.1) is 12.8 Å². The molecule has 6 heterocycles. The van der Waals surface area contributed by atoms with Crippen LogP contribution in [0.2, 0.25) is 0 Å². The summed E-state index contributed by atoms with van der Waals surface area (Å²) in [6, 6.07) is 8.41. The van der Waals surface area contributed by atoms with Crippen LogP contribution in [0.25, 0.3) is 16.6 Å². The van der Waals surface area contributed by atoms with Crippen molar-refractivity contribution >= 4 is 28.9 Å². The third-order valence-corrected chi connectivity index (χ3v) is 9.37. The van der Waals surface area contributed by atoms with Crippen molar-refractivity contribution in [1.29, 1.82) is 0 Å². The van der Waals surface area contributed by atoms with Gasteiger partial charge in [-0.15, -0.1) is 0 Å². The first-order valence-electron chi connectivity index (χ1n) is 15.6. The highest BCUT2D eigenvalue weighted by Gasteiger charge is 2.28. The quantitative estimate of drug-likeness (QED) is 0.444. The number of fused-ring (bicyclic) bond motifs is 1. The van der Waals surface area contributed by atoms with E-state index in [4.69, 9.17) is 9.72 Å². The highest BCUT2D eigenvalue weighted by molar-refractivity contribution is 6.06. The van der Waals surface area contributed by atoms with Crippen molar-refractivity contribution in [2.24, 2.45) is 10.9 Å². The number of aliphatic imine (C=N–C) groups is 1. The second-order valence-corrected chi connectivity index (χ2v) is 12.4. The molecule has 1 N–H and O–H groups in total. The highest BCUT2D eigenvalue weighted by Crippen LogP contribution is 2.32. The summed E-state index contributed by atoms with van der Waals surface area (Å²) >= 11 is 0. The SMILES string of the molecule is CC1=CC(C)=NC(=O)C1CNC(=O)c1cc2cc(-c3ccc(N4CCN(C)CC4)nc3)cn2c(C(C)N2CCOCC2)c1C. The number of allylic oxidation sites excluding steroid dienone is 1. The molecule has 10 heteroatoms. The number of hydrogen-bond acceptors (Lipinski definition) is 7. The minimum Gasteiger partial charge on any atom is -0.379 e. The molecular weight excluding hydrogens is 554 g/mol. The first-order valence-corrected chi connectivity index (χ1v) is 15.6. The number of carbonyl (C=O) groups is 2. The normalized spacial score (nSPS) is 20.9. The molecule has 0 bridgehead atoms. The number of rotatable bonds is 7. The summed E-state index contributed by atoms with van der Waals surface area (Å²) in [7, 11) is 2.16. The molecule has 2 unspecified atom stereocenters. The Morgan fingerprint density at radius 3 is 2.48 bits per heavy atom. The van der Waals surface area contributed by atoms with Crippen molar-refractivity contribution in [1.82, 2.24) is 24.5 Å². The molecule has 0 spiro atoms. The van der Waals surface area contributed by atoms with E-state index in [9.17, 15) is 9.59 Å². The molecule has 2 fully saturated rings. The third-order valence-electron chi connectivity index (χ3n) is 9.37. The standard InChI is InChI=1S/C34H43N7O3/c1-22-16-23(2)37-34(43)30(22)20-36-33(42)29-18-28-17-27(26-6-7-31(35-19-26)40-10-8-38(5)9-11-40)21-41(28)32(24(29)3)25(4)39-12-14-44-15-13-39/h6-7,16-19,21,25,30H,8-15,20H2,1-5H3,(H,36,42). The highest BCUT2D eigenvalue weighted by atomic mass is 16.5. The first kappa shape index (κ1) is 30.2. The van der Waals surface area contributed by atoms with Crippen LogP contribution in [0.4, 0.5) is 5.82 Å². The van der Waals surface area contributed by atoms with Crippen molar-refractivity contribution in [2.45, 2.75) is 33.7 Å².